The van der Waals surface area contributed by atoms with Crippen LogP contribution in [0.4, 0.5) is 0 Å². The Bertz CT molecular complexity index is 1020. The third-order valence-corrected chi connectivity index (χ3v) is 5.99. The zero-order chi connectivity index (χ0) is 19.4. The van der Waals surface area contributed by atoms with Gasteiger partial charge in [-0.05, 0) is 42.9 Å². The van der Waals surface area contributed by atoms with Gasteiger partial charge in [0.25, 0.3) is 5.56 Å². The van der Waals surface area contributed by atoms with E-state index in [1.165, 1.54) is 11.8 Å². The Morgan fingerprint density at radius 2 is 2.11 bits per heavy atom. The SMILES string of the molecule is CCCOC(=O)c1cccc(Cn2c(SC)nc3sc(CC)cc3c2=O)c1. The van der Waals surface area contributed by atoms with E-state index in [9.17, 15) is 9.59 Å². The molecule has 0 radical (unpaired) electrons. The zero-order valence-corrected chi connectivity index (χ0v) is 17.3. The highest BCUT2D eigenvalue weighted by Gasteiger charge is 2.15. The molecule has 0 bridgehead atoms. The molecule has 0 saturated heterocycles. The first-order valence-electron chi connectivity index (χ1n) is 8.90. The van der Waals surface area contributed by atoms with E-state index in [1.807, 2.05) is 31.4 Å². The summed E-state index contributed by atoms with van der Waals surface area (Å²) in [6, 6.07) is 9.17. The van der Waals surface area contributed by atoms with Crippen LogP contribution < -0.4 is 5.56 Å². The lowest BCUT2D eigenvalue weighted by Gasteiger charge is -2.11. The number of nitrogens with zero attached hydrogens (tertiary/aromatic N) is 2. The first-order valence-corrected chi connectivity index (χ1v) is 10.9. The van der Waals surface area contributed by atoms with E-state index < -0.39 is 0 Å². The quantitative estimate of drug-likeness (QED) is 0.334. The van der Waals surface area contributed by atoms with Gasteiger partial charge >= 0.3 is 5.97 Å². The largest absolute Gasteiger partial charge is 0.462 e. The number of thioether (sulfide) groups is 1. The Kier molecular flexibility index (Phi) is 6.34. The van der Waals surface area contributed by atoms with Crippen molar-refractivity contribution in [2.24, 2.45) is 0 Å². The van der Waals surface area contributed by atoms with Gasteiger partial charge in [0, 0.05) is 4.88 Å². The van der Waals surface area contributed by atoms with Gasteiger partial charge in [-0.1, -0.05) is 37.7 Å². The summed E-state index contributed by atoms with van der Waals surface area (Å²) in [7, 11) is 0. The maximum absolute atomic E-state index is 13.0. The predicted molar refractivity (Wildman–Crippen MR) is 111 cm³/mol. The van der Waals surface area contributed by atoms with Crippen molar-refractivity contribution in [3.05, 3.63) is 56.7 Å². The number of hydrogen-bond donors (Lipinski definition) is 0. The fraction of sp³-hybridized carbons (Fsp3) is 0.350. The van der Waals surface area contributed by atoms with Crippen molar-refractivity contribution >= 4 is 39.3 Å². The van der Waals surface area contributed by atoms with E-state index in [-0.39, 0.29) is 11.5 Å². The Balaban J connectivity index is 1.97. The molecular formula is C20H22N2O3S2. The van der Waals surface area contributed by atoms with E-state index in [0.29, 0.717) is 29.3 Å². The molecule has 2 aromatic heterocycles. The third kappa shape index (κ3) is 4.25. The van der Waals surface area contributed by atoms with Crippen LogP contribution in [-0.2, 0) is 17.7 Å². The van der Waals surface area contributed by atoms with Gasteiger partial charge in [0.05, 0.1) is 24.1 Å². The molecule has 2 heterocycles. The van der Waals surface area contributed by atoms with Gasteiger partial charge in [-0.25, -0.2) is 9.78 Å². The van der Waals surface area contributed by atoms with Crippen LogP contribution in [0.15, 0.2) is 40.3 Å². The molecule has 5 nitrogen and oxygen atoms in total. The van der Waals surface area contributed by atoms with Gasteiger partial charge in [-0.2, -0.15) is 0 Å². The molecule has 1 aromatic carbocycles. The lowest BCUT2D eigenvalue weighted by molar-refractivity contribution is 0.0505. The van der Waals surface area contributed by atoms with E-state index in [1.54, 1.807) is 28.0 Å². The number of rotatable bonds is 7. The van der Waals surface area contributed by atoms with Gasteiger partial charge < -0.3 is 4.74 Å². The summed E-state index contributed by atoms with van der Waals surface area (Å²) in [5, 5.41) is 1.34. The van der Waals surface area contributed by atoms with E-state index in [0.717, 1.165) is 28.1 Å². The number of esters is 1. The number of benzene rings is 1. The van der Waals surface area contributed by atoms with Crippen LogP contribution in [-0.4, -0.2) is 28.4 Å². The third-order valence-electron chi connectivity index (χ3n) is 4.14. The second-order valence-electron chi connectivity index (χ2n) is 6.11. The lowest BCUT2D eigenvalue weighted by atomic mass is 10.1. The fourth-order valence-corrected chi connectivity index (χ4v) is 4.34. The molecular weight excluding hydrogens is 380 g/mol. The van der Waals surface area contributed by atoms with Crippen LogP contribution in [0.3, 0.4) is 0 Å². The van der Waals surface area contributed by atoms with Gasteiger partial charge in [0.15, 0.2) is 5.16 Å². The minimum atomic E-state index is -0.338. The van der Waals surface area contributed by atoms with Crippen LogP contribution in [0.1, 0.15) is 41.1 Å². The normalized spacial score (nSPS) is 11.1. The molecule has 0 N–H and O–H groups in total. The van der Waals surface area contributed by atoms with Crippen molar-refractivity contribution in [2.45, 2.75) is 38.4 Å². The smallest absolute Gasteiger partial charge is 0.338 e. The Labute approximate surface area is 166 Å². The number of hydrogen-bond acceptors (Lipinski definition) is 6. The molecule has 0 amide bonds. The summed E-state index contributed by atoms with van der Waals surface area (Å²) in [4.78, 5) is 31.7. The predicted octanol–water partition coefficient (Wildman–Crippen LogP) is 4.36. The van der Waals surface area contributed by atoms with E-state index in [2.05, 4.69) is 11.9 Å². The average molecular weight is 403 g/mol. The molecule has 0 unspecified atom stereocenters. The second kappa shape index (κ2) is 8.71. The molecule has 0 aliphatic rings. The molecule has 7 heteroatoms. The van der Waals surface area contributed by atoms with Gasteiger partial charge in [0.1, 0.15) is 4.83 Å². The lowest BCUT2D eigenvalue weighted by Crippen LogP contribution is -2.23. The number of carbonyl (C=O) groups excluding carboxylic acids is 1. The molecule has 0 aliphatic carbocycles. The minimum absolute atomic E-state index is 0.0423. The molecule has 27 heavy (non-hydrogen) atoms. The number of thiophene rings is 1. The van der Waals surface area contributed by atoms with Gasteiger partial charge in [-0.3, -0.25) is 9.36 Å². The number of aryl methyl sites for hydroxylation is 1. The highest BCUT2D eigenvalue weighted by atomic mass is 32.2. The van der Waals surface area contributed by atoms with Gasteiger partial charge in [-0.15, -0.1) is 11.3 Å². The maximum Gasteiger partial charge on any atom is 0.338 e. The first kappa shape index (κ1) is 19.6. The van der Waals surface area contributed by atoms with Gasteiger partial charge in [0.2, 0.25) is 0 Å². The van der Waals surface area contributed by atoms with Crippen LogP contribution in [0.5, 0.6) is 0 Å². The number of aromatic nitrogens is 2. The summed E-state index contributed by atoms with van der Waals surface area (Å²) in [6.45, 7) is 4.79. The highest BCUT2D eigenvalue weighted by Crippen LogP contribution is 2.24. The fourth-order valence-electron chi connectivity index (χ4n) is 2.77. The minimum Gasteiger partial charge on any atom is -0.462 e. The number of fused-ring (bicyclic) bond motifs is 1. The summed E-state index contributed by atoms with van der Waals surface area (Å²) >= 11 is 3.02. The van der Waals surface area contributed by atoms with Crippen LogP contribution in [0.2, 0.25) is 0 Å². The summed E-state index contributed by atoms with van der Waals surface area (Å²) in [6.07, 6.45) is 3.58. The van der Waals surface area contributed by atoms with Crippen molar-refractivity contribution in [3.8, 4) is 0 Å². The molecule has 3 aromatic rings. The highest BCUT2D eigenvalue weighted by molar-refractivity contribution is 7.98. The molecule has 0 atom stereocenters. The molecule has 142 valence electrons. The maximum atomic E-state index is 13.0. The van der Waals surface area contributed by atoms with Crippen molar-refractivity contribution < 1.29 is 9.53 Å². The second-order valence-corrected chi connectivity index (χ2v) is 8.00. The number of ether oxygens (including phenoxy) is 1. The summed E-state index contributed by atoms with van der Waals surface area (Å²) in [5.74, 6) is -0.338. The van der Waals surface area contributed by atoms with Crippen molar-refractivity contribution in [2.75, 3.05) is 12.9 Å². The topological polar surface area (TPSA) is 61.2 Å². The Hall–Kier alpha value is -2.12. The molecule has 0 spiro atoms. The van der Waals surface area contributed by atoms with Crippen molar-refractivity contribution in [1.82, 2.24) is 9.55 Å². The first-order chi connectivity index (χ1) is 13.1. The van der Waals surface area contributed by atoms with Crippen molar-refractivity contribution in [1.29, 1.82) is 0 Å². The molecule has 0 fully saturated rings. The summed E-state index contributed by atoms with van der Waals surface area (Å²) in [5.41, 5.74) is 1.32. The zero-order valence-electron chi connectivity index (χ0n) is 15.7. The molecule has 0 saturated carbocycles. The van der Waals surface area contributed by atoms with Crippen LogP contribution in [0.25, 0.3) is 10.2 Å². The van der Waals surface area contributed by atoms with E-state index >= 15 is 0 Å². The number of carbonyl (C=O) groups is 1. The Morgan fingerprint density at radius 1 is 1.30 bits per heavy atom. The monoisotopic (exact) mass is 402 g/mol. The molecule has 0 aliphatic heterocycles. The van der Waals surface area contributed by atoms with Crippen molar-refractivity contribution in [3.63, 3.8) is 0 Å². The van der Waals surface area contributed by atoms with Crippen LogP contribution >= 0.6 is 23.1 Å². The van der Waals surface area contributed by atoms with E-state index in [4.69, 9.17) is 4.74 Å². The average Bonchev–Trinajstić information content (AvgIpc) is 3.12. The van der Waals surface area contributed by atoms with Crippen LogP contribution in [0, 0.1) is 0 Å². The summed E-state index contributed by atoms with van der Waals surface area (Å²) < 4.78 is 6.88. The Morgan fingerprint density at radius 3 is 2.81 bits per heavy atom. The standard InChI is InChI=1S/C20H22N2O3S2/c1-4-9-25-19(24)14-8-6-7-13(10-14)12-22-18(23)16-11-15(5-2)27-17(16)21-20(22)26-3/h6-8,10-11H,4-5,9,12H2,1-3H3. The molecule has 3 rings (SSSR count).